The van der Waals surface area contributed by atoms with Gasteiger partial charge in [-0.15, -0.1) is 0 Å². The lowest BCUT2D eigenvalue weighted by Crippen LogP contribution is -2.59. The van der Waals surface area contributed by atoms with Crippen molar-refractivity contribution < 1.29 is 9.59 Å². The van der Waals surface area contributed by atoms with Crippen LogP contribution in [0, 0.1) is 0 Å². The molecule has 6 nitrogen and oxygen atoms in total. The summed E-state index contributed by atoms with van der Waals surface area (Å²) in [5, 5.41) is 5.22. The average molecular weight is 242 g/mol. The Balaban J connectivity index is 2.39. The monoisotopic (exact) mass is 242 g/mol. The maximum atomic E-state index is 11.5. The molecule has 1 fully saturated rings. The van der Waals surface area contributed by atoms with Crippen LogP contribution in [-0.2, 0) is 4.79 Å². The van der Waals surface area contributed by atoms with Crippen LogP contribution in [-0.4, -0.2) is 49.1 Å². The fraction of sp³-hybridized carbons (Fsp3) is 0.818. The minimum absolute atomic E-state index is 0.154. The van der Waals surface area contributed by atoms with Crippen molar-refractivity contribution in [1.82, 2.24) is 15.5 Å². The number of carbonyl (C=O) groups is 2. The molecule has 98 valence electrons. The second-order valence-corrected chi connectivity index (χ2v) is 4.93. The molecule has 6 heteroatoms. The van der Waals surface area contributed by atoms with Gasteiger partial charge in [0.05, 0.1) is 6.04 Å². The lowest BCUT2D eigenvalue weighted by atomic mass is 9.75. The Morgan fingerprint density at radius 2 is 2.00 bits per heavy atom. The van der Waals surface area contributed by atoms with E-state index in [1.807, 2.05) is 0 Å². The number of urea groups is 1. The molecular formula is C11H22N4O2. The molecule has 1 unspecified atom stereocenters. The Labute approximate surface area is 102 Å². The van der Waals surface area contributed by atoms with Crippen molar-refractivity contribution in [3.63, 3.8) is 0 Å². The molecule has 4 N–H and O–H groups in total. The highest BCUT2D eigenvalue weighted by Crippen LogP contribution is 2.35. The number of hydrogen-bond donors (Lipinski definition) is 3. The molecule has 1 aliphatic carbocycles. The average Bonchev–Trinajstić information content (AvgIpc) is 2.13. The summed E-state index contributed by atoms with van der Waals surface area (Å²) >= 11 is 0. The lowest BCUT2D eigenvalue weighted by Gasteiger charge is -2.48. The largest absolute Gasteiger partial charge is 0.351 e. The van der Waals surface area contributed by atoms with E-state index in [0.29, 0.717) is 0 Å². The summed E-state index contributed by atoms with van der Waals surface area (Å²) in [6.45, 7) is 2.47. The van der Waals surface area contributed by atoms with Crippen molar-refractivity contribution in [2.24, 2.45) is 5.73 Å². The highest BCUT2D eigenvalue weighted by Gasteiger charge is 2.39. The Bertz CT molecular complexity index is 300. The first-order valence-electron chi connectivity index (χ1n) is 5.88. The van der Waals surface area contributed by atoms with Gasteiger partial charge in [0.15, 0.2) is 0 Å². The van der Waals surface area contributed by atoms with E-state index in [9.17, 15) is 9.59 Å². The summed E-state index contributed by atoms with van der Waals surface area (Å²) in [4.78, 5) is 24.2. The van der Waals surface area contributed by atoms with Crippen LogP contribution in [0.1, 0.15) is 26.2 Å². The number of primary amides is 1. The third-order valence-electron chi connectivity index (χ3n) is 3.61. The molecule has 1 aliphatic rings. The molecule has 1 saturated carbocycles. The lowest BCUT2D eigenvalue weighted by molar-refractivity contribution is -0.121. The van der Waals surface area contributed by atoms with E-state index in [2.05, 4.69) is 29.6 Å². The van der Waals surface area contributed by atoms with Crippen LogP contribution >= 0.6 is 0 Å². The first-order chi connectivity index (χ1) is 7.87. The molecule has 0 aliphatic heterocycles. The van der Waals surface area contributed by atoms with Gasteiger partial charge < -0.3 is 16.0 Å². The van der Waals surface area contributed by atoms with Gasteiger partial charge in [-0.25, -0.2) is 4.79 Å². The van der Waals surface area contributed by atoms with E-state index in [0.717, 1.165) is 19.4 Å². The Morgan fingerprint density at radius 3 is 2.35 bits per heavy atom. The van der Waals surface area contributed by atoms with Gasteiger partial charge in [-0.1, -0.05) is 0 Å². The van der Waals surface area contributed by atoms with E-state index in [-0.39, 0.29) is 11.4 Å². The molecule has 0 aromatic rings. The normalized spacial score (nSPS) is 19.5. The first-order valence-corrected chi connectivity index (χ1v) is 5.88. The molecule has 0 bridgehead atoms. The number of rotatable bonds is 5. The van der Waals surface area contributed by atoms with Gasteiger partial charge in [0.25, 0.3) is 0 Å². The van der Waals surface area contributed by atoms with E-state index in [1.54, 1.807) is 6.92 Å². The molecule has 3 amide bonds. The third-order valence-corrected chi connectivity index (χ3v) is 3.61. The molecular weight excluding hydrogens is 220 g/mol. The number of hydrogen-bond acceptors (Lipinski definition) is 4. The predicted octanol–water partition coefficient (Wildman–Crippen LogP) is -0.356. The first kappa shape index (κ1) is 13.9. The second kappa shape index (κ2) is 5.46. The Hall–Kier alpha value is -1.14. The molecule has 0 radical (unpaired) electrons. The SMILES string of the molecule is CC(NCC1(N(C)C)CCC1)C(=O)NC(N)=O. The van der Waals surface area contributed by atoms with Gasteiger partial charge >= 0.3 is 6.03 Å². The van der Waals surface area contributed by atoms with Crippen LogP contribution in [0.15, 0.2) is 0 Å². The summed E-state index contributed by atoms with van der Waals surface area (Å²) in [5.41, 5.74) is 5.05. The van der Waals surface area contributed by atoms with Crippen LogP contribution in [0.25, 0.3) is 0 Å². The molecule has 17 heavy (non-hydrogen) atoms. The number of amides is 3. The van der Waals surface area contributed by atoms with Gasteiger partial charge in [-0.05, 0) is 40.3 Å². The summed E-state index contributed by atoms with van der Waals surface area (Å²) in [6.07, 6.45) is 3.50. The molecule has 0 spiro atoms. The van der Waals surface area contributed by atoms with E-state index < -0.39 is 12.1 Å². The smallest absolute Gasteiger partial charge is 0.318 e. The van der Waals surface area contributed by atoms with Gasteiger partial charge in [-0.3, -0.25) is 10.1 Å². The van der Waals surface area contributed by atoms with Crippen LogP contribution < -0.4 is 16.4 Å². The van der Waals surface area contributed by atoms with Crippen molar-refractivity contribution in [3.8, 4) is 0 Å². The van der Waals surface area contributed by atoms with Gasteiger partial charge in [-0.2, -0.15) is 0 Å². The number of nitrogens with two attached hydrogens (primary N) is 1. The molecule has 0 aromatic heterocycles. The molecule has 0 saturated heterocycles. The van der Waals surface area contributed by atoms with Gasteiger partial charge in [0.2, 0.25) is 5.91 Å². The number of likely N-dealkylation sites (N-methyl/N-ethyl adjacent to an activating group) is 1. The summed E-state index contributed by atoms with van der Waals surface area (Å²) in [5.74, 6) is -0.384. The highest BCUT2D eigenvalue weighted by atomic mass is 16.2. The van der Waals surface area contributed by atoms with Crippen molar-refractivity contribution in [1.29, 1.82) is 0 Å². The topological polar surface area (TPSA) is 87.5 Å². The predicted molar refractivity (Wildman–Crippen MR) is 65.5 cm³/mol. The zero-order valence-electron chi connectivity index (χ0n) is 10.7. The highest BCUT2D eigenvalue weighted by molar-refractivity contribution is 5.96. The summed E-state index contributed by atoms with van der Waals surface area (Å²) < 4.78 is 0. The molecule has 0 heterocycles. The van der Waals surface area contributed by atoms with E-state index in [1.165, 1.54) is 6.42 Å². The van der Waals surface area contributed by atoms with Crippen molar-refractivity contribution in [2.45, 2.75) is 37.8 Å². The Kier molecular flexibility index (Phi) is 4.47. The quantitative estimate of drug-likeness (QED) is 0.614. The zero-order valence-corrected chi connectivity index (χ0v) is 10.7. The standard InChI is InChI=1S/C11H22N4O2/c1-8(9(16)14-10(12)17)13-7-11(15(2)3)5-4-6-11/h8,13H,4-7H2,1-3H3,(H3,12,14,16,17). The number of imide groups is 1. The maximum Gasteiger partial charge on any atom is 0.318 e. The second-order valence-electron chi connectivity index (χ2n) is 4.93. The van der Waals surface area contributed by atoms with E-state index in [4.69, 9.17) is 5.73 Å². The zero-order chi connectivity index (χ0) is 13.1. The number of carbonyl (C=O) groups excluding carboxylic acids is 2. The van der Waals surface area contributed by atoms with Crippen molar-refractivity contribution in [2.75, 3.05) is 20.6 Å². The number of nitrogens with zero attached hydrogens (tertiary/aromatic N) is 1. The minimum Gasteiger partial charge on any atom is -0.351 e. The van der Waals surface area contributed by atoms with Crippen LogP contribution in [0.2, 0.25) is 0 Å². The summed E-state index contributed by atoms with van der Waals surface area (Å²) in [6, 6.07) is -1.23. The summed E-state index contributed by atoms with van der Waals surface area (Å²) in [7, 11) is 4.10. The fourth-order valence-corrected chi connectivity index (χ4v) is 2.03. The minimum atomic E-state index is -0.811. The molecule has 1 rings (SSSR count). The molecule has 1 atom stereocenters. The van der Waals surface area contributed by atoms with Crippen molar-refractivity contribution in [3.05, 3.63) is 0 Å². The van der Waals surface area contributed by atoms with Crippen LogP contribution in [0.3, 0.4) is 0 Å². The van der Waals surface area contributed by atoms with Crippen LogP contribution in [0.4, 0.5) is 4.79 Å². The van der Waals surface area contributed by atoms with Gasteiger partial charge in [0, 0.05) is 12.1 Å². The number of nitrogens with one attached hydrogen (secondary N) is 2. The van der Waals surface area contributed by atoms with Crippen molar-refractivity contribution >= 4 is 11.9 Å². The van der Waals surface area contributed by atoms with E-state index >= 15 is 0 Å². The van der Waals surface area contributed by atoms with Crippen LogP contribution in [0.5, 0.6) is 0 Å². The fourth-order valence-electron chi connectivity index (χ4n) is 2.03. The Morgan fingerprint density at radius 1 is 1.41 bits per heavy atom. The third kappa shape index (κ3) is 3.41. The van der Waals surface area contributed by atoms with Gasteiger partial charge in [0.1, 0.15) is 0 Å². The maximum absolute atomic E-state index is 11.5. The molecule has 0 aromatic carbocycles.